The molecular formula is C18H21BrN4O2. The third kappa shape index (κ3) is 3.41. The largest absolute Gasteiger partial charge is 0.381 e. The summed E-state index contributed by atoms with van der Waals surface area (Å²) >= 11 is 3.48. The average molecular weight is 405 g/mol. The molecule has 3 aromatic rings. The monoisotopic (exact) mass is 404 g/mol. The molecule has 1 saturated heterocycles. The summed E-state index contributed by atoms with van der Waals surface area (Å²) in [5, 5.41) is 0. The maximum absolute atomic E-state index is 5.65. The normalized spacial score (nSPS) is 16.1. The fraction of sp³-hybridized carbons (Fsp3) is 0.500. The summed E-state index contributed by atoms with van der Waals surface area (Å²) in [5.41, 5.74) is 3.70. The van der Waals surface area contributed by atoms with E-state index in [1.807, 2.05) is 25.4 Å². The van der Waals surface area contributed by atoms with Gasteiger partial charge in [0.1, 0.15) is 23.5 Å². The lowest BCUT2D eigenvalue weighted by atomic mass is 10.0. The maximum Gasteiger partial charge on any atom is 0.136 e. The zero-order valence-corrected chi connectivity index (χ0v) is 15.8. The first-order chi connectivity index (χ1) is 12.3. The van der Waals surface area contributed by atoms with Gasteiger partial charge in [-0.1, -0.05) is 0 Å². The lowest BCUT2D eigenvalue weighted by Crippen LogP contribution is -2.21. The van der Waals surface area contributed by atoms with Gasteiger partial charge >= 0.3 is 0 Å². The molecule has 0 aliphatic carbocycles. The number of aromatic nitrogens is 4. The molecule has 0 amide bonds. The van der Waals surface area contributed by atoms with Gasteiger partial charge in [0.2, 0.25) is 0 Å². The van der Waals surface area contributed by atoms with Gasteiger partial charge in [0.25, 0.3) is 0 Å². The molecule has 1 aliphatic heterocycles. The second-order valence-corrected chi connectivity index (χ2v) is 7.26. The molecular weight excluding hydrogens is 384 g/mol. The van der Waals surface area contributed by atoms with Crippen LogP contribution in [0.4, 0.5) is 0 Å². The first-order valence-electron chi connectivity index (χ1n) is 8.71. The molecule has 1 fully saturated rings. The third-order valence-corrected chi connectivity index (χ3v) is 5.11. The summed E-state index contributed by atoms with van der Waals surface area (Å²) < 4.78 is 14.4. The summed E-state index contributed by atoms with van der Waals surface area (Å²) in [6, 6.07) is 2.00. The lowest BCUT2D eigenvalue weighted by Gasteiger charge is -2.23. The van der Waals surface area contributed by atoms with Crippen LogP contribution in [0.5, 0.6) is 0 Å². The van der Waals surface area contributed by atoms with Crippen molar-refractivity contribution in [3.05, 3.63) is 28.8 Å². The molecule has 1 aliphatic rings. The summed E-state index contributed by atoms with van der Waals surface area (Å²) in [5.74, 6) is 1.53. The van der Waals surface area contributed by atoms with Gasteiger partial charge in [0.05, 0.1) is 17.2 Å². The topological polar surface area (TPSA) is 62.1 Å². The van der Waals surface area contributed by atoms with E-state index in [4.69, 9.17) is 14.5 Å². The Hall–Kier alpha value is -1.57. The van der Waals surface area contributed by atoms with Crippen LogP contribution < -0.4 is 0 Å². The fourth-order valence-corrected chi connectivity index (χ4v) is 3.71. The van der Waals surface area contributed by atoms with E-state index in [2.05, 4.69) is 30.5 Å². The highest BCUT2D eigenvalue weighted by Gasteiger charge is 2.20. The molecule has 0 aromatic carbocycles. The van der Waals surface area contributed by atoms with E-state index in [0.29, 0.717) is 19.1 Å². The molecule has 132 valence electrons. The average Bonchev–Trinajstić information content (AvgIpc) is 2.98. The van der Waals surface area contributed by atoms with E-state index < -0.39 is 0 Å². The highest BCUT2D eigenvalue weighted by molar-refractivity contribution is 9.10. The second-order valence-electron chi connectivity index (χ2n) is 6.34. The molecule has 7 heteroatoms. The van der Waals surface area contributed by atoms with E-state index in [9.17, 15) is 0 Å². The van der Waals surface area contributed by atoms with Crippen molar-refractivity contribution >= 4 is 38.0 Å². The zero-order valence-electron chi connectivity index (χ0n) is 14.2. The molecule has 0 unspecified atom stereocenters. The number of rotatable bonds is 5. The Balaban J connectivity index is 1.84. The number of halogens is 1. The summed E-state index contributed by atoms with van der Waals surface area (Å²) in [6.07, 6.45) is 5.81. The highest BCUT2D eigenvalue weighted by atomic mass is 79.9. The van der Waals surface area contributed by atoms with Gasteiger partial charge in [-0.05, 0) is 47.7 Å². The van der Waals surface area contributed by atoms with Crippen molar-refractivity contribution in [3.8, 4) is 0 Å². The maximum atomic E-state index is 5.65. The first-order valence-corrected chi connectivity index (χ1v) is 9.50. The van der Waals surface area contributed by atoms with E-state index in [1.54, 1.807) is 0 Å². The Kier molecular flexibility index (Phi) is 4.96. The molecule has 4 rings (SSSR count). The minimum Gasteiger partial charge on any atom is -0.381 e. The molecule has 0 spiro atoms. The number of fused-ring (bicyclic) bond motifs is 3. The molecule has 0 bridgehead atoms. The van der Waals surface area contributed by atoms with Gasteiger partial charge < -0.3 is 14.0 Å². The number of hydrogen-bond acceptors (Lipinski definition) is 5. The number of hydrogen-bond donors (Lipinski definition) is 0. The Labute approximate surface area is 154 Å². The van der Waals surface area contributed by atoms with Crippen molar-refractivity contribution in [2.75, 3.05) is 19.8 Å². The Morgan fingerprint density at radius 2 is 2.08 bits per heavy atom. The number of nitrogens with zero attached hydrogens (tertiary/aromatic N) is 4. The predicted molar refractivity (Wildman–Crippen MR) is 99.4 cm³/mol. The van der Waals surface area contributed by atoms with Crippen LogP contribution in [-0.4, -0.2) is 39.3 Å². The van der Waals surface area contributed by atoms with E-state index >= 15 is 0 Å². The standard InChI is InChI=1S/C18H21BrN4O2/c1-2-24-11-16-22-15-9-20-14-7-13(19)8-21-17(14)18(15)23(16)10-12-3-5-25-6-4-12/h7-9,12H,2-6,10-11H2,1H3. The molecule has 6 nitrogen and oxygen atoms in total. The van der Waals surface area contributed by atoms with Crippen molar-refractivity contribution < 1.29 is 9.47 Å². The van der Waals surface area contributed by atoms with Gasteiger partial charge in [-0.15, -0.1) is 0 Å². The number of pyridine rings is 2. The minimum absolute atomic E-state index is 0.506. The van der Waals surface area contributed by atoms with Crippen molar-refractivity contribution in [1.29, 1.82) is 0 Å². The van der Waals surface area contributed by atoms with Crippen LogP contribution in [0.2, 0.25) is 0 Å². The van der Waals surface area contributed by atoms with Crippen LogP contribution in [0.1, 0.15) is 25.6 Å². The fourth-order valence-electron chi connectivity index (χ4n) is 3.39. The molecule has 4 heterocycles. The van der Waals surface area contributed by atoms with Gasteiger partial charge in [-0.25, -0.2) is 4.98 Å². The van der Waals surface area contributed by atoms with E-state index in [-0.39, 0.29) is 0 Å². The Morgan fingerprint density at radius 3 is 2.88 bits per heavy atom. The zero-order chi connectivity index (χ0) is 17.2. The van der Waals surface area contributed by atoms with Gasteiger partial charge in [-0.3, -0.25) is 9.97 Å². The third-order valence-electron chi connectivity index (χ3n) is 4.67. The number of imidazole rings is 1. The van der Waals surface area contributed by atoms with Crippen molar-refractivity contribution in [3.63, 3.8) is 0 Å². The smallest absolute Gasteiger partial charge is 0.136 e. The van der Waals surface area contributed by atoms with E-state index in [0.717, 1.165) is 65.0 Å². The van der Waals surface area contributed by atoms with Gasteiger partial charge in [0.15, 0.2) is 0 Å². The summed E-state index contributed by atoms with van der Waals surface area (Å²) in [6.45, 7) is 5.77. The van der Waals surface area contributed by atoms with Gasteiger partial charge in [0, 0.05) is 37.0 Å². The van der Waals surface area contributed by atoms with Crippen LogP contribution in [0, 0.1) is 5.92 Å². The van der Waals surface area contributed by atoms with Crippen LogP contribution in [0.25, 0.3) is 22.1 Å². The molecule has 0 atom stereocenters. The molecule has 3 aromatic heterocycles. The minimum atomic E-state index is 0.506. The summed E-state index contributed by atoms with van der Waals surface area (Å²) in [7, 11) is 0. The number of ether oxygens (including phenoxy) is 2. The van der Waals surface area contributed by atoms with E-state index in [1.165, 1.54) is 0 Å². The first kappa shape index (κ1) is 16.9. The Bertz CT molecular complexity index is 890. The highest BCUT2D eigenvalue weighted by Crippen LogP contribution is 2.28. The van der Waals surface area contributed by atoms with Crippen molar-refractivity contribution in [2.24, 2.45) is 5.92 Å². The molecule has 0 radical (unpaired) electrons. The van der Waals surface area contributed by atoms with Crippen molar-refractivity contribution in [2.45, 2.75) is 32.9 Å². The summed E-state index contributed by atoms with van der Waals surface area (Å²) in [4.78, 5) is 13.9. The molecule has 0 saturated carbocycles. The molecule has 25 heavy (non-hydrogen) atoms. The predicted octanol–water partition coefficient (Wildman–Crippen LogP) is 3.71. The van der Waals surface area contributed by atoms with Gasteiger partial charge in [-0.2, -0.15) is 0 Å². The quantitative estimate of drug-likeness (QED) is 0.648. The Morgan fingerprint density at radius 1 is 1.24 bits per heavy atom. The second kappa shape index (κ2) is 7.35. The van der Waals surface area contributed by atoms with Crippen LogP contribution in [-0.2, 0) is 22.6 Å². The van der Waals surface area contributed by atoms with Crippen LogP contribution in [0.15, 0.2) is 22.9 Å². The van der Waals surface area contributed by atoms with Crippen LogP contribution >= 0.6 is 15.9 Å². The van der Waals surface area contributed by atoms with Crippen LogP contribution in [0.3, 0.4) is 0 Å². The molecule has 0 N–H and O–H groups in total. The SMILES string of the molecule is CCOCc1nc2cnc3cc(Br)cnc3c2n1CC1CCOCC1. The van der Waals surface area contributed by atoms with Crippen molar-refractivity contribution in [1.82, 2.24) is 19.5 Å². The lowest BCUT2D eigenvalue weighted by molar-refractivity contribution is 0.0602.